The van der Waals surface area contributed by atoms with Gasteiger partial charge in [0.2, 0.25) is 0 Å². The van der Waals surface area contributed by atoms with E-state index in [9.17, 15) is 4.79 Å². The highest BCUT2D eigenvalue weighted by molar-refractivity contribution is 5.69. The average molecular weight is 350 g/mol. The maximum absolute atomic E-state index is 12.5. The highest BCUT2D eigenvalue weighted by atomic mass is 16.6. The summed E-state index contributed by atoms with van der Waals surface area (Å²) in [5.41, 5.74) is -0.412. The first-order valence-corrected chi connectivity index (χ1v) is 9.94. The lowest BCUT2D eigenvalue weighted by molar-refractivity contribution is 0.0223. The van der Waals surface area contributed by atoms with E-state index in [1.54, 1.807) is 0 Å². The number of carbonyl (C=O) groups is 1. The number of rotatable bonds is 4. The Bertz CT molecular complexity index is 480. The van der Waals surface area contributed by atoms with Crippen LogP contribution >= 0.6 is 0 Å². The van der Waals surface area contributed by atoms with E-state index >= 15 is 0 Å². The molecule has 3 fully saturated rings. The van der Waals surface area contributed by atoms with Crippen molar-refractivity contribution in [2.45, 2.75) is 76.6 Å². The van der Waals surface area contributed by atoms with Gasteiger partial charge in [0.1, 0.15) is 5.60 Å². The molecule has 5 heteroatoms. The van der Waals surface area contributed by atoms with Crippen LogP contribution in [0.2, 0.25) is 0 Å². The fourth-order valence-electron chi connectivity index (χ4n) is 4.66. The van der Waals surface area contributed by atoms with Crippen molar-refractivity contribution in [2.75, 3.05) is 26.2 Å². The fourth-order valence-corrected chi connectivity index (χ4v) is 4.66. The molecule has 1 amide bonds. The molecule has 3 rings (SSSR count). The zero-order valence-corrected chi connectivity index (χ0v) is 16.2. The summed E-state index contributed by atoms with van der Waals surface area (Å²) in [5, 5.41) is 3.92. The largest absolute Gasteiger partial charge is 0.444 e. The van der Waals surface area contributed by atoms with Crippen LogP contribution < -0.4 is 5.32 Å². The molecule has 3 atom stereocenters. The number of amides is 1. The van der Waals surface area contributed by atoms with Gasteiger partial charge < -0.3 is 15.0 Å². The molecule has 0 aromatic carbocycles. The zero-order chi connectivity index (χ0) is 18.0. The highest BCUT2D eigenvalue weighted by Crippen LogP contribution is 2.37. The maximum atomic E-state index is 12.5. The van der Waals surface area contributed by atoms with Crippen LogP contribution in [-0.4, -0.2) is 65.8 Å². The quantitative estimate of drug-likeness (QED) is 0.793. The molecule has 1 N–H and O–H groups in total. The van der Waals surface area contributed by atoms with Crippen LogP contribution in [0.15, 0.2) is 12.7 Å². The Hall–Kier alpha value is -1.07. The molecular formula is C20H35N3O2. The second kappa shape index (κ2) is 7.67. The van der Waals surface area contributed by atoms with Gasteiger partial charge in [-0.2, -0.15) is 0 Å². The summed E-state index contributed by atoms with van der Waals surface area (Å²) in [7, 11) is 0. The molecule has 3 aliphatic rings. The molecule has 2 aliphatic heterocycles. The SMILES string of the molecule is C=CCN1CCC(NC2CCC3CC2CN3C(=O)OC(C)(C)C)CC1. The number of likely N-dealkylation sites (tertiary alicyclic amines) is 2. The number of nitrogens with one attached hydrogen (secondary N) is 1. The molecule has 0 spiro atoms. The van der Waals surface area contributed by atoms with Crippen molar-refractivity contribution >= 4 is 6.09 Å². The van der Waals surface area contributed by atoms with Crippen LogP contribution in [0.3, 0.4) is 0 Å². The average Bonchev–Trinajstić information content (AvgIpc) is 2.89. The summed E-state index contributed by atoms with van der Waals surface area (Å²) < 4.78 is 5.60. The van der Waals surface area contributed by atoms with Gasteiger partial charge in [-0.1, -0.05) is 6.08 Å². The Balaban J connectivity index is 1.49. The van der Waals surface area contributed by atoms with Crippen molar-refractivity contribution in [1.29, 1.82) is 0 Å². The Morgan fingerprint density at radius 3 is 2.60 bits per heavy atom. The predicted molar refractivity (Wildman–Crippen MR) is 101 cm³/mol. The van der Waals surface area contributed by atoms with Gasteiger partial charge in [0, 0.05) is 31.2 Å². The predicted octanol–water partition coefficient (Wildman–Crippen LogP) is 3.01. The van der Waals surface area contributed by atoms with Crippen LogP contribution in [-0.2, 0) is 4.74 Å². The number of hydrogen-bond donors (Lipinski definition) is 1. The molecule has 1 aliphatic carbocycles. The van der Waals surface area contributed by atoms with Crippen molar-refractivity contribution in [1.82, 2.24) is 15.1 Å². The normalized spacial score (nSPS) is 31.2. The summed E-state index contributed by atoms with van der Waals surface area (Å²) in [5.74, 6) is 0.581. The molecule has 1 saturated carbocycles. The van der Waals surface area contributed by atoms with Gasteiger partial charge in [0.15, 0.2) is 0 Å². The van der Waals surface area contributed by atoms with E-state index in [0.29, 0.717) is 24.0 Å². The molecule has 3 unspecified atom stereocenters. The van der Waals surface area contributed by atoms with Gasteiger partial charge in [-0.3, -0.25) is 4.90 Å². The summed E-state index contributed by atoms with van der Waals surface area (Å²) in [6, 6.07) is 1.56. The van der Waals surface area contributed by atoms with Crippen LogP contribution in [0.25, 0.3) is 0 Å². The summed E-state index contributed by atoms with van der Waals surface area (Å²) >= 11 is 0. The molecule has 25 heavy (non-hydrogen) atoms. The number of carbonyl (C=O) groups excluding carboxylic acids is 1. The molecule has 142 valence electrons. The number of fused-ring (bicyclic) bond motifs is 2. The van der Waals surface area contributed by atoms with Crippen molar-refractivity contribution in [3.63, 3.8) is 0 Å². The van der Waals surface area contributed by atoms with E-state index in [2.05, 4.69) is 16.8 Å². The van der Waals surface area contributed by atoms with E-state index < -0.39 is 5.60 Å². The van der Waals surface area contributed by atoms with Gasteiger partial charge in [-0.15, -0.1) is 6.58 Å². The van der Waals surface area contributed by atoms with Gasteiger partial charge in [-0.05, 0) is 71.9 Å². The van der Waals surface area contributed by atoms with Crippen LogP contribution in [0.4, 0.5) is 4.79 Å². The van der Waals surface area contributed by atoms with Crippen LogP contribution in [0.1, 0.15) is 52.9 Å². The van der Waals surface area contributed by atoms with Gasteiger partial charge in [0.05, 0.1) is 0 Å². The topological polar surface area (TPSA) is 44.8 Å². The number of piperidine rings is 1. The molecule has 2 saturated heterocycles. The number of nitrogens with zero attached hydrogens (tertiary/aromatic N) is 2. The van der Waals surface area contributed by atoms with Crippen LogP contribution in [0.5, 0.6) is 0 Å². The van der Waals surface area contributed by atoms with E-state index in [0.717, 1.165) is 39.0 Å². The molecule has 2 heterocycles. The molecule has 2 bridgehead atoms. The fraction of sp³-hybridized carbons (Fsp3) is 0.850. The van der Waals surface area contributed by atoms with Crippen LogP contribution in [0, 0.1) is 5.92 Å². The lowest BCUT2D eigenvalue weighted by Gasteiger charge is -2.37. The van der Waals surface area contributed by atoms with Gasteiger partial charge in [0.25, 0.3) is 0 Å². The minimum absolute atomic E-state index is 0.126. The first kappa shape index (κ1) is 18.7. The zero-order valence-electron chi connectivity index (χ0n) is 16.2. The first-order valence-electron chi connectivity index (χ1n) is 9.94. The molecular weight excluding hydrogens is 314 g/mol. The molecule has 0 aromatic rings. The second-order valence-electron chi connectivity index (χ2n) is 9.00. The van der Waals surface area contributed by atoms with Crippen molar-refractivity contribution in [3.8, 4) is 0 Å². The maximum Gasteiger partial charge on any atom is 0.410 e. The standard InChI is InChI=1S/C20H35N3O2/c1-5-10-22-11-8-16(9-12-22)21-18-7-6-17-13-15(18)14-23(17)19(24)25-20(2,3)4/h5,15-18,21H,1,6-14H2,2-4H3. The third-order valence-electron chi connectivity index (χ3n) is 5.88. The summed E-state index contributed by atoms with van der Waals surface area (Å²) in [4.78, 5) is 16.9. The minimum atomic E-state index is -0.412. The van der Waals surface area contributed by atoms with E-state index in [1.165, 1.54) is 19.3 Å². The Kier molecular flexibility index (Phi) is 5.74. The summed E-state index contributed by atoms with van der Waals surface area (Å²) in [6.45, 7) is 13.8. The lowest BCUT2D eigenvalue weighted by Crippen LogP contribution is -2.49. The van der Waals surface area contributed by atoms with Crippen molar-refractivity contribution in [3.05, 3.63) is 12.7 Å². The number of ether oxygens (including phenoxy) is 1. The first-order chi connectivity index (χ1) is 11.9. The molecule has 5 nitrogen and oxygen atoms in total. The monoisotopic (exact) mass is 349 g/mol. The smallest absolute Gasteiger partial charge is 0.410 e. The van der Waals surface area contributed by atoms with Gasteiger partial charge in [-0.25, -0.2) is 4.79 Å². The van der Waals surface area contributed by atoms with E-state index in [1.807, 2.05) is 31.7 Å². The minimum Gasteiger partial charge on any atom is -0.444 e. The third kappa shape index (κ3) is 4.76. The second-order valence-corrected chi connectivity index (χ2v) is 9.00. The van der Waals surface area contributed by atoms with E-state index in [4.69, 9.17) is 4.74 Å². The summed E-state index contributed by atoms with van der Waals surface area (Å²) in [6.07, 6.45) is 7.72. The Morgan fingerprint density at radius 1 is 1.24 bits per heavy atom. The Labute approximate surface area is 152 Å². The van der Waals surface area contributed by atoms with Gasteiger partial charge >= 0.3 is 6.09 Å². The molecule has 0 radical (unpaired) electrons. The molecule has 0 aromatic heterocycles. The third-order valence-corrected chi connectivity index (χ3v) is 5.88. The highest BCUT2D eigenvalue weighted by Gasteiger charge is 2.44. The van der Waals surface area contributed by atoms with Crippen molar-refractivity contribution in [2.24, 2.45) is 5.92 Å². The van der Waals surface area contributed by atoms with Crippen molar-refractivity contribution < 1.29 is 9.53 Å². The number of hydrogen-bond acceptors (Lipinski definition) is 4. The lowest BCUT2D eigenvalue weighted by atomic mass is 9.84. The Morgan fingerprint density at radius 2 is 1.96 bits per heavy atom. The van der Waals surface area contributed by atoms with E-state index in [-0.39, 0.29) is 6.09 Å².